The van der Waals surface area contributed by atoms with Crippen molar-refractivity contribution in [3.05, 3.63) is 131 Å². The molecular formula is C32H30O4. The molecular weight excluding hydrogens is 448 g/mol. The molecule has 1 aliphatic rings. The van der Waals surface area contributed by atoms with Gasteiger partial charge in [0, 0.05) is 11.5 Å². The molecule has 36 heavy (non-hydrogen) atoms. The summed E-state index contributed by atoms with van der Waals surface area (Å²) < 4.78 is 10.8. The summed E-state index contributed by atoms with van der Waals surface area (Å²) in [5.41, 5.74) is 2.08. The van der Waals surface area contributed by atoms with Gasteiger partial charge < -0.3 is 14.6 Å². The van der Waals surface area contributed by atoms with Gasteiger partial charge in [-0.15, -0.1) is 0 Å². The number of Topliss-reactive ketones (excluding diaryl/α,β-unsaturated/α-hetero) is 1. The van der Waals surface area contributed by atoms with E-state index in [1.165, 1.54) is 0 Å². The van der Waals surface area contributed by atoms with E-state index in [9.17, 15) is 9.90 Å². The van der Waals surface area contributed by atoms with Crippen molar-refractivity contribution in [3.8, 4) is 11.5 Å². The normalized spacial score (nSPS) is 23.2. The quantitative estimate of drug-likeness (QED) is 0.314. The molecule has 1 saturated carbocycles. The molecule has 0 unspecified atom stereocenters. The Morgan fingerprint density at radius 1 is 0.722 bits per heavy atom. The first kappa shape index (κ1) is 23.8. The van der Waals surface area contributed by atoms with Crippen molar-refractivity contribution in [2.45, 2.75) is 23.9 Å². The summed E-state index contributed by atoms with van der Waals surface area (Å²) in [4.78, 5) is 14.2. The number of hydrogen-bond acceptors (Lipinski definition) is 4. The van der Waals surface area contributed by atoms with E-state index >= 15 is 0 Å². The highest BCUT2D eigenvalue weighted by Crippen LogP contribution is 2.59. The summed E-state index contributed by atoms with van der Waals surface area (Å²) in [6.07, 6.45) is 0.420. The van der Waals surface area contributed by atoms with Crippen LogP contribution in [0.1, 0.15) is 45.3 Å². The molecule has 1 N–H and O–H groups in total. The summed E-state index contributed by atoms with van der Waals surface area (Å²) in [5.74, 6) is 0.450. The molecule has 4 heteroatoms. The van der Waals surface area contributed by atoms with Gasteiger partial charge in [0.05, 0.1) is 20.1 Å². The van der Waals surface area contributed by atoms with Crippen molar-refractivity contribution in [2.75, 3.05) is 14.2 Å². The predicted octanol–water partition coefficient (Wildman–Crippen LogP) is 6.36. The van der Waals surface area contributed by atoms with E-state index in [-0.39, 0.29) is 17.6 Å². The van der Waals surface area contributed by atoms with Gasteiger partial charge in [-0.1, -0.05) is 84.9 Å². The van der Waals surface area contributed by atoms with Crippen LogP contribution < -0.4 is 9.47 Å². The topological polar surface area (TPSA) is 55.8 Å². The van der Waals surface area contributed by atoms with Crippen LogP contribution in [0.5, 0.6) is 11.5 Å². The Kier molecular flexibility index (Phi) is 6.62. The second kappa shape index (κ2) is 10.00. The van der Waals surface area contributed by atoms with Gasteiger partial charge in [-0.25, -0.2) is 0 Å². The number of hydrogen-bond donors (Lipinski definition) is 1. The molecule has 1 fully saturated rings. The van der Waals surface area contributed by atoms with Gasteiger partial charge in [0.25, 0.3) is 0 Å². The average Bonchev–Trinajstić information content (AvgIpc) is 3.27. The van der Waals surface area contributed by atoms with Crippen LogP contribution in [0, 0.1) is 5.92 Å². The highest BCUT2D eigenvalue weighted by atomic mass is 16.5. The van der Waals surface area contributed by atoms with Gasteiger partial charge in [-0.3, -0.25) is 4.79 Å². The fourth-order valence-electron chi connectivity index (χ4n) is 5.73. The Hall–Kier alpha value is -3.89. The van der Waals surface area contributed by atoms with Crippen LogP contribution in [0.3, 0.4) is 0 Å². The lowest BCUT2D eigenvalue weighted by atomic mass is 9.73. The lowest BCUT2D eigenvalue weighted by molar-refractivity contribution is -0.000255. The first-order valence-corrected chi connectivity index (χ1v) is 12.2. The lowest BCUT2D eigenvalue weighted by Gasteiger charge is -2.33. The Morgan fingerprint density at radius 3 is 1.75 bits per heavy atom. The molecule has 4 nitrogen and oxygen atoms in total. The largest absolute Gasteiger partial charge is 0.497 e. The number of carbonyl (C=O) groups is 1. The van der Waals surface area contributed by atoms with Crippen molar-refractivity contribution in [2.24, 2.45) is 5.92 Å². The van der Waals surface area contributed by atoms with E-state index in [1.54, 1.807) is 14.2 Å². The van der Waals surface area contributed by atoms with E-state index in [0.717, 1.165) is 28.2 Å². The maximum Gasteiger partial charge on any atom is 0.169 e. The fourth-order valence-corrected chi connectivity index (χ4v) is 5.73. The van der Waals surface area contributed by atoms with Gasteiger partial charge in [0.15, 0.2) is 5.78 Å². The first-order valence-electron chi connectivity index (χ1n) is 12.2. The Labute approximate surface area is 212 Å². The second-order valence-electron chi connectivity index (χ2n) is 9.38. The minimum absolute atomic E-state index is 0.0567. The summed E-state index contributed by atoms with van der Waals surface area (Å²) in [7, 11) is 3.29. The third kappa shape index (κ3) is 4.29. The van der Waals surface area contributed by atoms with Crippen LogP contribution >= 0.6 is 0 Å². The first-order chi connectivity index (χ1) is 17.5. The maximum atomic E-state index is 14.2. The zero-order valence-electron chi connectivity index (χ0n) is 20.5. The summed E-state index contributed by atoms with van der Waals surface area (Å²) in [6, 6.07) is 34.7. The van der Waals surface area contributed by atoms with Gasteiger partial charge in [0.2, 0.25) is 0 Å². The van der Waals surface area contributed by atoms with Crippen LogP contribution in [0.25, 0.3) is 0 Å². The molecule has 0 bridgehead atoms. The second-order valence-corrected chi connectivity index (χ2v) is 9.38. The molecule has 0 aromatic heterocycles. The third-order valence-electron chi connectivity index (χ3n) is 7.50. The molecule has 5 rings (SSSR count). The number of benzene rings is 4. The molecule has 1 aliphatic carbocycles. The van der Waals surface area contributed by atoms with Crippen LogP contribution in [0.15, 0.2) is 109 Å². The fraction of sp³-hybridized carbons (Fsp3) is 0.219. The minimum atomic E-state index is -1.34. The monoisotopic (exact) mass is 478 g/mol. The van der Waals surface area contributed by atoms with E-state index in [2.05, 4.69) is 0 Å². The minimum Gasteiger partial charge on any atom is -0.497 e. The summed E-state index contributed by atoms with van der Waals surface area (Å²) in [5, 5.41) is 12.4. The van der Waals surface area contributed by atoms with Crippen molar-refractivity contribution in [1.29, 1.82) is 0 Å². The molecule has 0 saturated heterocycles. The summed E-state index contributed by atoms with van der Waals surface area (Å²) >= 11 is 0. The molecule has 0 spiro atoms. The molecule has 0 heterocycles. The standard InChI is InChI=1S/C32H30O4/c1-35-26-17-13-22(14-18-26)28-21-32(34,25-11-7-4-8-12-25)30(31(33)24-9-5-3-6-10-24)29(28)23-15-19-27(36-2)20-16-23/h3-20,28-30,34H,21H2,1-2H3/t28-,29+,30-,32-/m0/s1. The number of aliphatic hydroxyl groups is 1. The summed E-state index contributed by atoms with van der Waals surface area (Å²) in [6.45, 7) is 0. The number of rotatable bonds is 7. The van der Waals surface area contributed by atoms with E-state index in [1.807, 2.05) is 109 Å². The molecule has 0 aliphatic heterocycles. The molecule has 4 atom stereocenters. The molecule has 182 valence electrons. The van der Waals surface area contributed by atoms with Gasteiger partial charge in [-0.2, -0.15) is 0 Å². The SMILES string of the molecule is COc1ccc([C@H]2[C@@H](C(=O)c3ccccc3)[C@@](O)(c3ccccc3)C[C@H]2c2ccc(OC)cc2)cc1. The van der Waals surface area contributed by atoms with Crippen molar-refractivity contribution >= 4 is 5.78 Å². The predicted molar refractivity (Wildman–Crippen MR) is 141 cm³/mol. The Bertz CT molecular complexity index is 1300. The zero-order chi connectivity index (χ0) is 25.1. The molecule has 4 aromatic carbocycles. The molecule has 0 radical (unpaired) electrons. The van der Waals surface area contributed by atoms with Crippen LogP contribution in [0.4, 0.5) is 0 Å². The van der Waals surface area contributed by atoms with Gasteiger partial charge in [0.1, 0.15) is 17.1 Å². The van der Waals surface area contributed by atoms with Crippen molar-refractivity contribution < 1.29 is 19.4 Å². The lowest BCUT2D eigenvalue weighted by Crippen LogP contribution is -2.37. The smallest absolute Gasteiger partial charge is 0.169 e. The van der Waals surface area contributed by atoms with Crippen molar-refractivity contribution in [3.63, 3.8) is 0 Å². The van der Waals surface area contributed by atoms with E-state index < -0.39 is 11.5 Å². The maximum absolute atomic E-state index is 14.2. The highest BCUT2D eigenvalue weighted by Gasteiger charge is 2.57. The molecule has 0 amide bonds. The van der Waals surface area contributed by atoms with Gasteiger partial charge in [-0.05, 0) is 53.3 Å². The number of methoxy groups -OCH3 is 2. The zero-order valence-corrected chi connectivity index (χ0v) is 20.5. The van der Waals surface area contributed by atoms with Crippen molar-refractivity contribution in [1.82, 2.24) is 0 Å². The van der Waals surface area contributed by atoms with E-state index in [0.29, 0.717) is 12.0 Å². The Morgan fingerprint density at radius 2 is 1.22 bits per heavy atom. The number of ether oxygens (including phenoxy) is 2. The Balaban J connectivity index is 1.70. The van der Waals surface area contributed by atoms with E-state index in [4.69, 9.17) is 9.47 Å². The number of ketones is 1. The van der Waals surface area contributed by atoms with Gasteiger partial charge >= 0.3 is 0 Å². The van der Waals surface area contributed by atoms with Crippen LogP contribution in [-0.2, 0) is 5.60 Å². The van der Waals surface area contributed by atoms with Crippen LogP contribution in [0.2, 0.25) is 0 Å². The third-order valence-corrected chi connectivity index (χ3v) is 7.50. The molecule has 4 aromatic rings. The van der Waals surface area contributed by atoms with Crippen LogP contribution in [-0.4, -0.2) is 25.1 Å². The highest BCUT2D eigenvalue weighted by molar-refractivity contribution is 5.99. The number of carbonyl (C=O) groups excluding carboxylic acids is 1. The average molecular weight is 479 g/mol.